The number of rotatable bonds is 9. The molecular formula is C16H25NO3S. The molecule has 0 saturated heterocycles. The quantitative estimate of drug-likeness (QED) is 0.733. The van der Waals surface area contributed by atoms with E-state index >= 15 is 0 Å². The van der Waals surface area contributed by atoms with Crippen molar-refractivity contribution in [3.05, 3.63) is 24.3 Å². The van der Waals surface area contributed by atoms with E-state index in [-0.39, 0.29) is 6.61 Å². The second kappa shape index (κ2) is 7.92. The van der Waals surface area contributed by atoms with Gasteiger partial charge in [0.25, 0.3) is 0 Å². The molecule has 5 heteroatoms. The van der Waals surface area contributed by atoms with Crippen LogP contribution < -0.4 is 14.8 Å². The monoisotopic (exact) mass is 311 g/mol. The third-order valence-corrected chi connectivity index (χ3v) is 5.44. The first-order valence-electron chi connectivity index (χ1n) is 7.39. The van der Waals surface area contributed by atoms with Crippen LogP contribution in [0, 0.1) is 0 Å². The van der Waals surface area contributed by atoms with Gasteiger partial charge in [-0.3, -0.25) is 0 Å². The minimum absolute atomic E-state index is 0.264. The summed E-state index contributed by atoms with van der Waals surface area (Å²) in [7, 11) is 1.61. The predicted molar refractivity (Wildman–Crippen MR) is 87.5 cm³/mol. The Balaban J connectivity index is 1.68. The maximum absolute atomic E-state index is 10.00. The highest BCUT2D eigenvalue weighted by molar-refractivity contribution is 8.00. The smallest absolute Gasteiger partial charge is 0.161 e. The van der Waals surface area contributed by atoms with Gasteiger partial charge in [0.1, 0.15) is 12.7 Å². The lowest BCUT2D eigenvalue weighted by molar-refractivity contribution is 0.103. The van der Waals surface area contributed by atoms with Crippen LogP contribution in [-0.2, 0) is 0 Å². The molecule has 1 unspecified atom stereocenters. The summed E-state index contributed by atoms with van der Waals surface area (Å²) in [6.07, 6.45) is 5.52. The van der Waals surface area contributed by atoms with Gasteiger partial charge in [-0.05, 0) is 31.2 Å². The molecule has 1 fully saturated rings. The Morgan fingerprint density at radius 2 is 2.05 bits per heavy atom. The zero-order valence-electron chi connectivity index (χ0n) is 12.8. The van der Waals surface area contributed by atoms with Gasteiger partial charge in [0, 0.05) is 17.8 Å². The fourth-order valence-corrected chi connectivity index (χ4v) is 3.42. The lowest BCUT2D eigenvalue weighted by atomic mass is 9.84. The van der Waals surface area contributed by atoms with Crippen molar-refractivity contribution in [3.8, 4) is 11.5 Å². The molecule has 1 aromatic carbocycles. The molecule has 2 rings (SSSR count). The normalized spacial score (nSPS) is 17.9. The third kappa shape index (κ3) is 4.53. The largest absolute Gasteiger partial charge is 0.493 e. The van der Waals surface area contributed by atoms with Crippen LogP contribution in [0.3, 0.4) is 0 Å². The molecule has 0 radical (unpaired) electrons. The Labute approximate surface area is 131 Å². The van der Waals surface area contributed by atoms with Crippen LogP contribution in [0.5, 0.6) is 11.5 Å². The van der Waals surface area contributed by atoms with Crippen LogP contribution in [0.4, 0.5) is 0 Å². The summed E-state index contributed by atoms with van der Waals surface area (Å²) in [4.78, 5) is 0. The number of para-hydroxylation sites is 2. The number of hydrogen-bond donors (Lipinski definition) is 2. The number of thioether (sulfide) groups is 1. The van der Waals surface area contributed by atoms with Crippen molar-refractivity contribution >= 4 is 11.8 Å². The van der Waals surface area contributed by atoms with E-state index in [1.807, 2.05) is 36.0 Å². The van der Waals surface area contributed by atoms with Gasteiger partial charge in [0.2, 0.25) is 0 Å². The summed E-state index contributed by atoms with van der Waals surface area (Å²) in [6.45, 7) is 1.77. The highest BCUT2D eigenvalue weighted by atomic mass is 32.2. The van der Waals surface area contributed by atoms with Crippen molar-refractivity contribution in [2.75, 3.05) is 33.1 Å². The maximum Gasteiger partial charge on any atom is 0.161 e. The molecule has 0 amide bonds. The second-order valence-corrected chi connectivity index (χ2v) is 6.76. The Morgan fingerprint density at radius 3 is 2.62 bits per heavy atom. The van der Waals surface area contributed by atoms with Crippen LogP contribution in [-0.4, -0.2) is 49.0 Å². The lowest BCUT2D eigenvalue weighted by Crippen LogP contribution is -2.45. The van der Waals surface area contributed by atoms with Crippen molar-refractivity contribution < 1.29 is 14.6 Å². The third-order valence-electron chi connectivity index (χ3n) is 4.03. The van der Waals surface area contributed by atoms with Crippen LogP contribution >= 0.6 is 11.8 Å². The van der Waals surface area contributed by atoms with E-state index in [1.165, 1.54) is 19.3 Å². The highest BCUT2D eigenvalue weighted by Gasteiger charge is 2.35. The van der Waals surface area contributed by atoms with E-state index < -0.39 is 6.10 Å². The van der Waals surface area contributed by atoms with E-state index in [9.17, 15) is 5.11 Å². The minimum atomic E-state index is -0.520. The Kier molecular flexibility index (Phi) is 6.21. The van der Waals surface area contributed by atoms with Gasteiger partial charge in [-0.25, -0.2) is 0 Å². The van der Waals surface area contributed by atoms with E-state index in [2.05, 4.69) is 11.6 Å². The van der Waals surface area contributed by atoms with Crippen LogP contribution in [0.25, 0.3) is 0 Å². The highest BCUT2D eigenvalue weighted by Crippen LogP contribution is 2.42. The average Bonchev–Trinajstić information content (AvgIpc) is 2.48. The zero-order chi connectivity index (χ0) is 15.1. The van der Waals surface area contributed by atoms with Gasteiger partial charge < -0.3 is 19.9 Å². The Bertz CT molecular complexity index is 432. The molecule has 0 aliphatic heterocycles. The first-order valence-corrected chi connectivity index (χ1v) is 8.61. The molecule has 21 heavy (non-hydrogen) atoms. The lowest BCUT2D eigenvalue weighted by Gasteiger charge is -2.40. The molecule has 1 aliphatic carbocycles. The molecule has 0 bridgehead atoms. The average molecular weight is 311 g/mol. The summed E-state index contributed by atoms with van der Waals surface area (Å²) < 4.78 is 11.2. The molecule has 1 atom stereocenters. The molecule has 0 spiro atoms. The van der Waals surface area contributed by atoms with E-state index in [1.54, 1.807) is 7.11 Å². The van der Waals surface area contributed by atoms with Gasteiger partial charge in [-0.15, -0.1) is 0 Å². The molecular weight excluding hydrogens is 286 g/mol. The number of nitrogens with one attached hydrogen (secondary N) is 1. The molecule has 0 aromatic heterocycles. The van der Waals surface area contributed by atoms with Crippen molar-refractivity contribution in [2.24, 2.45) is 0 Å². The molecule has 1 aromatic rings. The van der Waals surface area contributed by atoms with Gasteiger partial charge >= 0.3 is 0 Å². The molecule has 118 valence electrons. The summed E-state index contributed by atoms with van der Waals surface area (Å²) in [5, 5.41) is 13.4. The van der Waals surface area contributed by atoms with E-state index in [0.717, 1.165) is 6.54 Å². The molecule has 4 nitrogen and oxygen atoms in total. The molecule has 1 saturated carbocycles. The number of methoxy groups -OCH3 is 1. The first kappa shape index (κ1) is 16.5. The summed E-state index contributed by atoms with van der Waals surface area (Å²) in [5.41, 5.74) is 0. The van der Waals surface area contributed by atoms with Gasteiger partial charge in [0.15, 0.2) is 11.5 Å². The number of benzene rings is 1. The Morgan fingerprint density at radius 1 is 1.33 bits per heavy atom. The molecule has 0 heterocycles. The maximum atomic E-state index is 10.00. The van der Waals surface area contributed by atoms with Crippen LogP contribution in [0.2, 0.25) is 0 Å². The summed E-state index contributed by atoms with van der Waals surface area (Å²) >= 11 is 1.93. The number of hydrogen-bond acceptors (Lipinski definition) is 5. The van der Waals surface area contributed by atoms with Gasteiger partial charge in [-0.1, -0.05) is 18.6 Å². The summed E-state index contributed by atoms with van der Waals surface area (Å²) in [6, 6.07) is 7.47. The second-order valence-electron chi connectivity index (χ2n) is 5.49. The van der Waals surface area contributed by atoms with Gasteiger partial charge in [-0.2, -0.15) is 11.8 Å². The number of aliphatic hydroxyl groups excluding tert-OH is 1. The van der Waals surface area contributed by atoms with Crippen LogP contribution in [0.1, 0.15) is 19.3 Å². The standard InChI is InChI=1S/C16H25NO3S/c1-19-14-6-3-4-7-15(14)20-11-13(18)10-17-12-16(21-2)8-5-9-16/h3-4,6-7,13,17-18H,5,8-12H2,1-2H3. The fraction of sp³-hybridized carbons (Fsp3) is 0.625. The summed E-state index contributed by atoms with van der Waals surface area (Å²) in [5.74, 6) is 1.35. The van der Waals surface area contributed by atoms with E-state index in [0.29, 0.717) is 22.8 Å². The van der Waals surface area contributed by atoms with E-state index in [4.69, 9.17) is 9.47 Å². The van der Waals surface area contributed by atoms with Crippen molar-refractivity contribution in [2.45, 2.75) is 30.1 Å². The van der Waals surface area contributed by atoms with Gasteiger partial charge in [0.05, 0.1) is 7.11 Å². The SMILES string of the molecule is COc1ccccc1OCC(O)CNCC1(SC)CCC1. The number of aliphatic hydroxyl groups is 1. The molecule has 1 aliphatic rings. The molecule has 2 N–H and O–H groups in total. The zero-order valence-corrected chi connectivity index (χ0v) is 13.6. The topological polar surface area (TPSA) is 50.7 Å². The minimum Gasteiger partial charge on any atom is -0.493 e. The first-order chi connectivity index (χ1) is 10.2. The van der Waals surface area contributed by atoms with Crippen molar-refractivity contribution in [3.63, 3.8) is 0 Å². The number of ether oxygens (including phenoxy) is 2. The fourth-order valence-electron chi connectivity index (χ4n) is 2.47. The van der Waals surface area contributed by atoms with Crippen LogP contribution in [0.15, 0.2) is 24.3 Å². The van der Waals surface area contributed by atoms with Crippen molar-refractivity contribution in [1.82, 2.24) is 5.32 Å². The Hall–Kier alpha value is -0.910. The predicted octanol–water partition coefficient (Wildman–Crippen LogP) is 2.31. The van der Waals surface area contributed by atoms with Crippen molar-refractivity contribution in [1.29, 1.82) is 0 Å².